The Kier molecular flexibility index (Phi) is 4.24. The van der Waals surface area contributed by atoms with Gasteiger partial charge in [0, 0.05) is 0 Å². The highest BCUT2D eigenvalue weighted by molar-refractivity contribution is 5.26. The fourth-order valence-corrected chi connectivity index (χ4v) is 2.44. The van der Waals surface area contributed by atoms with Gasteiger partial charge in [0.2, 0.25) is 0 Å². The Bertz CT molecular complexity index is 344. The molecule has 1 fully saturated rings. The monoisotopic (exact) mass is 230 g/mol. The molecule has 0 atom stereocenters. The molecular weight excluding hydrogens is 208 g/mol. The molecule has 1 aliphatic rings. The van der Waals surface area contributed by atoms with E-state index >= 15 is 0 Å². The molecule has 0 aromatic heterocycles. The third-order valence-corrected chi connectivity index (χ3v) is 3.73. The molecule has 92 valence electrons. The molecule has 0 N–H and O–H groups in total. The van der Waals surface area contributed by atoms with Crippen LogP contribution in [0.4, 0.5) is 0 Å². The molecule has 0 radical (unpaired) electrons. The number of benzene rings is 1. The number of rotatable bonds is 4. The van der Waals surface area contributed by atoms with Crippen molar-refractivity contribution < 1.29 is 4.74 Å². The molecule has 1 heteroatoms. The Balaban J connectivity index is 1.75. The van der Waals surface area contributed by atoms with Crippen LogP contribution < -0.4 is 4.74 Å². The summed E-state index contributed by atoms with van der Waals surface area (Å²) >= 11 is 0. The van der Waals surface area contributed by atoms with Gasteiger partial charge >= 0.3 is 0 Å². The quantitative estimate of drug-likeness (QED) is 0.698. The van der Waals surface area contributed by atoms with Crippen molar-refractivity contribution in [3.05, 3.63) is 42.5 Å². The Morgan fingerprint density at radius 2 is 1.82 bits per heavy atom. The van der Waals surface area contributed by atoms with Gasteiger partial charge in [-0.1, -0.05) is 23.8 Å². The number of ether oxygens (including phenoxy) is 1. The topological polar surface area (TPSA) is 9.23 Å². The van der Waals surface area contributed by atoms with E-state index in [2.05, 4.69) is 43.8 Å². The Morgan fingerprint density at radius 1 is 1.18 bits per heavy atom. The highest BCUT2D eigenvalue weighted by Gasteiger charge is 2.19. The molecule has 2 rings (SSSR count). The zero-order chi connectivity index (χ0) is 12.1. The smallest absolute Gasteiger partial charge is 0.119 e. The van der Waals surface area contributed by atoms with Gasteiger partial charge in [-0.3, -0.25) is 0 Å². The van der Waals surface area contributed by atoms with Crippen LogP contribution in [0.15, 0.2) is 36.9 Å². The van der Waals surface area contributed by atoms with Crippen molar-refractivity contribution in [2.45, 2.75) is 32.6 Å². The molecule has 0 aliphatic heterocycles. The Labute approximate surface area is 104 Å². The summed E-state index contributed by atoms with van der Waals surface area (Å²) in [6, 6.07) is 8.32. The van der Waals surface area contributed by atoms with Gasteiger partial charge < -0.3 is 4.74 Å². The first-order valence-electron chi connectivity index (χ1n) is 6.60. The summed E-state index contributed by atoms with van der Waals surface area (Å²) in [4.78, 5) is 0. The van der Waals surface area contributed by atoms with Gasteiger partial charge in [0.1, 0.15) is 5.75 Å². The van der Waals surface area contributed by atoms with E-state index in [9.17, 15) is 0 Å². The van der Waals surface area contributed by atoms with Crippen molar-refractivity contribution in [1.29, 1.82) is 0 Å². The van der Waals surface area contributed by atoms with Gasteiger partial charge in [-0.05, 0) is 56.6 Å². The van der Waals surface area contributed by atoms with E-state index in [1.54, 1.807) is 0 Å². The highest BCUT2D eigenvalue weighted by atomic mass is 16.5. The molecule has 0 bridgehead atoms. The van der Waals surface area contributed by atoms with Gasteiger partial charge in [-0.25, -0.2) is 0 Å². The Hall–Kier alpha value is -1.24. The predicted octanol–water partition coefficient (Wildman–Crippen LogP) is 4.37. The molecule has 0 unspecified atom stereocenters. The summed E-state index contributed by atoms with van der Waals surface area (Å²) in [6.45, 7) is 6.85. The number of allylic oxidation sites excluding steroid dienone is 1. The number of hydrogen-bond donors (Lipinski definition) is 0. The van der Waals surface area contributed by atoms with Crippen molar-refractivity contribution in [3.8, 4) is 5.75 Å². The second-order valence-electron chi connectivity index (χ2n) is 5.14. The molecular formula is C16H22O. The minimum Gasteiger partial charge on any atom is -0.493 e. The van der Waals surface area contributed by atoms with E-state index in [0.29, 0.717) is 0 Å². The SMILES string of the molecule is C=CC1CCC(COc2ccc(C)cc2)CC1. The van der Waals surface area contributed by atoms with Crippen molar-refractivity contribution in [2.24, 2.45) is 11.8 Å². The maximum atomic E-state index is 5.84. The van der Waals surface area contributed by atoms with Gasteiger partial charge in [0.25, 0.3) is 0 Å². The van der Waals surface area contributed by atoms with Crippen LogP contribution in [-0.4, -0.2) is 6.61 Å². The molecule has 1 nitrogen and oxygen atoms in total. The van der Waals surface area contributed by atoms with Crippen LogP contribution in [0.25, 0.3) is 0 Å². The summed E-state index contributed by atoms with van der Waals surface area (Å²) < 4.78 is 5.84. The Morgan fingerprint density at radius 3 is 2.41 bits per heavy atom. The van der Waals surface area contributed by atoms with E-state index in [-0.39, 0.29) is 0 Å². The minimum atomic E-state index is 0.729. The highest BCUT2D eigenvalue weighted by Crippen LogP contribution is 2.29. The molecule has 0 spiro atoms. The lowest BCUT2D eigenvalue weighted by Crippen LogP contribution is -2.19. The second kappa shape index (κ2) is 5.90. The van der Waals surface area contributed by atoms with Gasteiger partial charge in [-0.15, -0.1) is 6.58 Å². The van der Waals surface area contributed by atoms with Crippen LogP contribution in [-0.2, 0) is 0 Å². The van der Waals surface area contributed by atoms with Crippen LogP contribution >= 0.6 is 0 Å². The summed E-state index contributed by atoms with van der Waals surface area (Å²) in [5.41, 5.74) is 1.28. The second-order valence-corrected chi connectivity index (χ2v) is 5.14. The lowest BCUT2D eigenvalue weighted by Gasteiger charge is -2.26. The third kappa shape index (κ3) is 3.62. The zero-order valence-corrected chi connectivity index (χ0v) is 10.7. The van der Waals surface area contributed by atoms with E-state index in [1.165, 1.54) is 31.2 Å². The van der Waals surface area contributed by atoms with Crippen LogP contribution in [0, 0.1) is 18.8 Å². The van der Waals surface area contributed by atoms with E-state index in [1.807, 2.05) is 0 Å². The van der Waals surface area contributed by atoms with Crippen molar-refractivity contribution >= 4 is 0 Å². The minimum absolute atomic E-state index is 0.729. The summed E-state index contributed by atoms with van der Waals surface area (Å²) in [6.07, 6.45) is 7.24. The standard InChI is InChI=1S/C16H22O/c1-3-14-6-8-15(9-7-14)12-17-16-10-4-13(2)5-11-16/h3-5,10-11,14-15H,1,6-9,12H2,2H3. The molecule has 1 saturated carbocycles. The van der Waals surface area contributed by atoms with Crippen molar-refractivity contribution in [2.75, 3.05) is 6.61 Å². The predicted molar refractivity (Wildman–Crippen MR) is 72.3 cm³/mol. The molecule has 0 saturated heterocycles. The fourth-order valence-electron chi connectivity index (χ4n) is 2.44. The van der Waals surface area contributed by atoms with Crippen LogP contribution in [0.3, 0.4) is 0 Å². The average molecular weight is 230 g/mol. The van der Waals surface area contributed by atoms with Gasteiger partial charge in [0.05, 0.1) is 6.61 Å². The van der Waals surface area contributed by atoms with Crippen LogP contribution in [0.1, 0.15) is 31.2 Å². The lowest BCUT2D eigenvalue weighted by molar-refractivity contribution is 0.194. The van der Waals surface area contributed by atoms with Gasteiger partial charge in [-0.2, -0.15) is 0 Å². The summed E-state index contributed by atoms with van der Waals surface area (Å²) in [5, 5.41) is 0. The molecule has 17 heavy (non-hydrogen) atoms. The molecule has 1 aromatic rings. The first-order valence-corrected chi connectivity index (χ1v) is 6.60. The maximum absolute atomic E-state index is 5.84. The van der Waals surface area contributed by atoms with E-state index < -0.39 is 0 Å². The summed E-state index contributed by atoms with van der Waals surface area (Å²) in [5.74, 6) is 2.47. The average Bonchev–Trinajstić information content (AvgIpc) is 2.39. The third-order valence-electron chi connectivity index (χ3n) is 3.73. The fraction of sp³-hybridized carbons (Fsp3) is 0.500. The first-order chi connectivity index (χ1) is 8.28. The van der Waals surface area contributed by atoms with Crippen LogP contribution in [0.2, 0.25) is 0 Å². The van der Waals surface area contributed by atoms with Crippen LogP contribution in [0.5, 0.6) is 5.75 Å². The number of hydrogen-bond acceptors (Lipinski definition) is 1. The largest absolute Gasteiger partial charge is 0.493 e. The lowest BCUT2D eigenvalue weighted by atomic mass is 9.82. The molecule has 1 aromatic carbocycles. The number of aryl methyl sites for hydroxylation is 1. The van der Waals surface area contributed by atoms with Crippen molar-refractivity contribution in [3.63, 3.8) is 0 Å². The first kappa shape index (κ1) is 12.2. The molecule has 1 aliphatic carbocycles. The zero-order valence-electron chi connectivity index (χ0n) is 10.7. The molecule has 0 amide bonds. The molecule has 0 heterocycles. The van der Waals surface area contributed by atoms with E-state index in [4.69, 9.17) is 4.74 Å². The van der Waals surface area contributed by atoms with Crippen molar-refractivity contribution in [1.82, 2.24) is 0 Å². The summed E-state index contributed by atoms with van der Waals surface area (Å²) in [7, 11) is 0. The maximum Gasteiger partial charge on any atom is 0.119 e. The van der Waals surface area contributed by atoms with Gasteiger partial charge in [0.15, 0.2) is 0 Å². The normalized spacial score (nSPS) is 24.3. The van der Waals surface area contributed by atoms with E-state index in [0.717, 1.165) is 24.2 Å².